The van der Waals surface area contributed by atoms with Gasteiger partial charge in [0.1, 0.15) is 48.8 Å². The smallest absolute Gasteiger partial charge is 0.187 e. The highest BCUT2D eigenvalue weighted by molar-refractivity contribution is 4.99. The quantitative estimate of drug-likeness (QED) is 0.356. The third-order valence-corrected chi connectivity index (χ3v) is 7.45. The van der Waals surface area contributed by atoms with Crippen LogP contribution in [-0.2, 0) is 56.8 Å². The third-order valence-electron chi connectivity index (χ3n) is 7.45. The molecule has 0 amide bonds. The van der Waals surface area contributed by atoms with Crippen molar-refractivity contribution < 1.29 is 61.9 Å². The van der Waals surface area contributed by atoms with Gasteiger partial charge in [-0.2, -0.15) is 0 Å². The van der Waals surface area contributed by atoms with Crippen molar-refractivity contribution >= 4 is 0 Å². The normalized spacial score (nSPS) is 39.5. The average Bonchev–Trinajstić information content (AvgIpc) is 3.50. The molecule has 4 rings (SSSR count). The number of methoxy groups -OCH3 is 3. The Morgan fingerprint density at radius 1 is 0.825 bits per heavy atom. The van der Waals surface area contributed by atoms with Crippen LogP contribution in [0.4, 0.5) is 0 Å². The fourth-order valence-electron chi connectivity index (χ4n) is 5.50. The van der Waals surface area contributed by atoms with Crippen LogP contribution in [0, 0.1) is 0 Å². The summed E-state index contributed by atoms with van der Waals surface area (Å²) >= 11 is 0. The van der Waals surface area contributed by atoms with E-state index >= 15 is 0 Å². The molecule has 0 aromatic heterocycles. The van der Waals surface area contributed by atoms with E-state index in [1.807, 2.05) is 13.8 Å². The SMILES string of the molecule is COC(OC)[C@@H]1OC(C)(C)O[C@H]1[C@H](O[C@@H]1O[C@H](COC(C)(C)OC)[C@@H]2OC(C)(C)O[C@@H]2[C@H]1O)[C@H]1COC(C)(C)O1. The largest absolute Gasteiger partial charge is 0.385 e. The monoisotopic (exact) mass is 580 g/mol. The van der Waals surface area contributed by atoms with Crippen molar-refractivity contribution in [3.05, 3.63) is 0 Å². The zero-order valence-corrected chi connectivity index (χ0v) is 25.5. The van der Waals surface area contributed by atoms with E-state index in [0.717, 1.165) is 0 Å². The molecule has 4 heterocycles. The molecule has 0 aromatic rings. The maximum absolute atomic E-state index is 11.5. The summed E-state index contributed by atoms with van der Waals surface area (Å²) < 4.78 is 72.2. The van der Waals surface area contributed by atoms with Gasteiger partial charge in [-0.15, -0.1) is 0 Å². The number of aliphatic hydroxyl groups is 1. The molecular formula is C27H48O13. The number of rotatable bonds is 11. The summed E-state index contributed by atoms with van der Waals surface area (Å²) in [5.41, 5.74) is 0. The Morgan fingerprint density at radius 3 is 2.00 bits per heavy atom. The fourth-order valence-corrected chi connectivity index (χ4v) is 5.50. The van der Waals surface area contributed by atoms with E-state index in [1.54, 1.807) is 48.7 Å². The molecule has 0 saturated carbocycles. The predicted molar refractivity (Wildman–Crippen MR) is 137 cm³/mol. The first kappa shape index (κ1) is 32.4. The van der Waals surface area contributed by atoms with E-state index in [2.05, 4.69) is 0 Å². The standard InChI is InChI=1S/C27H48O13/c1-24(2,31-11)32-12-14-18-19(38-26(5,6)37-18)16(28)22(34-14)35-17(15-13-33-25(3,4)36-15)20-21(23(29-9)30-10)40-27(7,8)39-20/h14-23,28H,12-13H2,1-11H3/t14-,15-,16-,17-,18+,19-,20+,21-,22+/m1/s1. The van der Waals surface area contributed by atoms with Crippen LogP contribution < -0.4 is 0 Å². The molecule has 4 aliphatic heterocycles. The van der Waals surface area contributed by atoms with Crippen molar-refractivity contribution in [3.8, 4) is 0 Å². The van der Waals surface area contributed by atoms with Crippen LogP contribution in [0.3, 0.4) is 0 Å². The van der Waals surface area contributed by atoms with Crippen molar-refractivity contribution in [2.24, 2.45) is 0 Å². The van der Waals surface area contributed by atoms with Crippen molar-refractivity contribution in [1.29, 1.82) is 0 Å². The van der Waals surface area contributed by atoms with Crippen LogP contribution in [-0.4, -0.2) is 124 Å². The Labute approximate surface area is 236 Å². The van der Waals surface area contributed by atoms with Crippen LogP contribution in [0.5, 0.6) is 0 Å². The summed E-state index contributed by atoms with van der Waals surface area (Å²) in [4.78, 5) is 0. The Hall–Kier alpha value is -0.520. The first-order chi connectivity index (χ1) is 18.5. The van der Waals surface area contributed by atoms with Gasteiger partial charge in [0.25, 0.3) is 0 Å². The average molecular weight is 581 g/mol. The Balaban J connectivity index is 1.63. The lowest BCUT2D eigenvalue weighted by molar-refractivity contribution is -0.324. The summed E-state index contributed by atoms with van der Waals surface area (Å²) in [6.07, 6.45) is -7.98. The Kier molecular flexibility index (Phi) is 9.61. The molecule has 13 heteroatoms. The van der Waals surface area contributed by atoms with Gasteiger partial charge in [-0.3, -0.25) is 0 Å². The molecule has 0 aliphatic carbocycles. The van der Waals surface area contributed by atoms with Gasteiger partial charge in [-0.25, -0.2) is 0 Å². The van der Waals surface area contributed by atoms with Gasteiger partial charge in [0, 0.05) is 21.3 Å². The van der Waals surface area contributed by atoms with Crippen molar-refractivity contribution in [1.82, 2.24) is 0 Å². The van der Waals surface area contributed by atoms with Crippen LogP contribution in [0.15, 0.2) is 0 Å². The zero-order chi connectivity index (χ0) is 29.7. The lowest BCUT2D eigenvalue weighted by Gasteiger charge is -2.43. The van der Waals surface area contributed by atoms with Crippen molar-refractivity contribution in [2.45, 2.75) is 140 Å². The second-order valence-electron chi connectivity index (χ2n) is 12.4. The van der Waals surface area contributed by atoms with E-state index in [1.165, 1.54) is 14.2 Å². The number of hydrogen-bond acceptors (Lipinski definition) is 13. The third kappa shape index (κ3) is 7.16. The van der Waals surface area contributed by atoms with Gasteiger partial charge in [-0.05, 0) is 55.4 Å². The van der Waals surface area contributed by atoms with E-state index in [0.29, 0.717) is 0 Å². The molecular weight excluding hydrogens is 532 g/mol. The summed E-state index contributed by atoms with van der Waals surface area (Å²) in [7, 11) is 4.60. The van der Waals surface area contributed by atoms with Crippen molar-refractivity contribution in [3.63, 3.8) is 0 Å². The van der Waals surface area contributed by atoms with E-state index in [-0.39, 0.29) is 13.2 Å². The van der Waals surface area contributed by atoms with Gasteiger partial charge in [0.15, 0.2) is 35.7 Å². The lowest BCUT2D eigenvalue weighted by Crippen LogP contribution is -2.61. The van der Waals surface area contributed by atoms with E-state index in [4.69, 9.17) is 56.8 Å². The van der Waals surface area contributed by atoms with Crippen LogP contribution >= 0.6 is 0 Å². The molecule has 0 unspecified atom stereocenters. The van der Waals surface area contributed by atoms with Gasteiger partial charge < -0.3 is 61.9 Å². The highest BCUT2D eigenvalue weighted by Crippen LogP contribution is 2.42. The molecule has 1 N–H and O–H groups in total. The molecule has 4 saturated heterocycles. The highest BCUT2D eigenvalue weighted by Gasteiger charge is 2.59. The molecule has 4 aliphatic rings. The number of fused-ring (bicyclic) bond motifs is 1. The summed E-state index contributed by atoms with van der Waals surface area (Å²) in [6, 6.07) is 0. The summed E-state index contributed by atoms with van der Waals surface area (Å²) in [5, 5.41) is 11.5. The minimum atomic E-state index is -1.20. The number of hydrogen-bond donors (Lipinski definition) is 1. The molecule has 0 bridgehead atoms. The molecule has 9 atom stereocenters. The maximum Gasteiger partial charge on any atom is 0.187 e. The maximum atomic E-state index is 11.5. The lowest BCUT2D eigenvalue weighted by atomic mass is 9.98. The van der Waals surface area contributed by atoms with E-state index < -0.39 is 84.6 Å². The molecule has 13 nitrogen and oxygen atoms in total. The molecule has 0 aromatic carbocycles. The molecule has 4 fully saturated rings. The number of ether oxygens (including phenoxy) is 12. The second kappa shape index (κ2) is 11.9. The molecule has 234 valence electrons. The summed E-state index contributed by atoms with van der Waals surface area (Å²) in [5.74, 6) is -3.65. The minimum absolute atomic E-state index is 0.100. The summed E-state index contributed by atoms with van der Waals surface area (Å²) in [6.45, 7) is 14.7. The van der Waals surface area contributed by atoms with Crippen LogP contribution in [0.2, 0.25) is 0 Å². The van der Waals surface area contributed by atoms with Crippen LogP contribution in [0.1, 0.15) is 55.4 Å². The van der Waals surface area contributed by atoms with Gasteiger partial charge in [0.2, 0.25) is 0 Å². The van der Waals surface area contributed by atoms with E-state index in [9.17, 15) is 5.11 Å². The first-order valence-corrected chi connectivity index (χ1v) is 13.8. The van der Waals surface area contributed by atoms with Crippen molar-refractivity contribution in [2.75, 3.05) is 34.5 Å². The number of aliphatic hydroxyl groups excluding tert-OH is 1. The predicted octanol–water partition coefficient (Wildman–Crippen LogP) is 1.67. The zero-order valence-electron chi connectivity index (χ0n) is 25.5. The Bertz CT molecular complexity index is 844. The fraction of sp³-hybridized carbons (Fsp3) is 1.00. The highest BCUT2D eigenvalue weighted by atomic mass is 16.8. The van der Waals surface area contributed by atoms with Gasteiger partial charge >= 0.3 is 0 Å². The minimum Gasteiger partial charge on any atom is -0.385 e. The van der Waals surface area contributed by atoms with Crippen LogP contribution in [0.25, 0.3) is 0 Å². The molecule has 0 spiro atoms. The Morgan fingerprint density at radius 2 is 1.43 bits per heavy atom. The molecule has 40 heavy (non-hydrogen) atoms. The van der Waals surface area contributed by atoms with Gasteiger partial charge in [-0.1, -0.05) is 0 Å². The topological polar surface area (TPSA) is 131 Å². The molecule has 0 radical (unpaired) electrons. The first-order valence-electron chi connectivity index (χ1n) is 13.8. The van der Waals surface area contributed by atoms with Gasteiger partial charge in [0.05, 0.1) is 13.2 Å². The second-order valence-corrected chi connectivity index (χ2v) is 12.4.